The molecule has 1 atom stereocenters. The van der Waals surface area contributed by atoms with Gasteiger partial charge in [-0.1, -0.05) is 0 Å². The van der Waals surface area contributed by atoms with E-state index in [2.05, 4.69) is 5.32 Å². The van der Waals surface area contributed by atoms with E-state index >= 15 is 0 Å². The van der Waals surface area contributed by atoms with E-state index in [1.807, 2.05) is 20.0 Å². The molecular formula is C16H25ClN3O3P. The van der Waals surface area contributed by atoms with Gasteiger partial charge >= 0.3 is 148 Å². The average Bonchev–Trinajstić information content (AvgIpc) is 2.96. The van der Waals surface area contributed by atoms with Gasteiger partial charge in [-0.25, -0.2) is 0 Å². The Morgan fingerprint density at radius 1 is 1.38 bits per heavy atom. The molecule has 6 nitrogen and oxygen atoms in total. The van der Waals surface area contributed by atoms with Gasteiger partial charge in [-0.2, -0.15) is 0 Å². The van der Waals surface area contributed by atoms with Crippen LogP contribution in [-0.4, -0.2) is 49.5 Å². The first kappa shape index (κ1) is 18.8. The van der Waals surface area contributed by atoms with Crippen LogP contribution in [0.3, 0.4) is 0 Å². The van der Waals surface area contributed by atoms with Crippen molar-refractivity contribution in [2.75, 3.05) is 37.6 Å². The van der Waals surface area contributed by atoms with Crippen LogP contribution < -0.4 is 11.1 Å². The summed E-state index contributed by atoms with van der Waals surface area (Å²) in [4.78, 5) is 26.4. The Hall–Kier alpha value is -1.52. The predicted octanol–water partition coefficient (Wildman–Crippen LogP) is 3.32. The van der Waals surface area contributed by atoms with Crippen LogP contribution >= 0.6 is 19.1 Å². The standard InChI is InChI=1S/C16H25ClN3O3P/c1-10-11(17)7-8-12(14(10)18)19-15(21)13-6-5-9-20(13)16(22)23-24(2,3)4/h7-8,13,24H,5-6,9,18H2,1-4H3,(H,19,21)/t13-/m0/s1. The number of carbonyl (C=O) groups excluding carboxylic acids is 2. The second-order valence-corrected chi connectivity index (χ2v) is 11.8. The van der Waals surface area contributed by atoms with Gasteiger partial charge in [0.15, 0.2) is 0 Å². The van der Waals surface area contributed by atoms with Crippen molar-refractivity contribution in [3.05, 3.63) is 22.7 Å². The first-order valence-electron chi connectivity index (χ1n) is 7.95. The monoisotopic (exact) mass is 373 g/mol. The Bertz CT molecular complexity index is 661. The second kappa shape index (κ2) is 7.16. The summed E-state index contributed by atoms with van der Waals surface area (Å²) >= 11 is 6.02. The van der Waals surface area contributed by atoms with Crippen molar-refractivity contribution in [2.45, 2.75) is 25.8 Å². The third-order valence-electron chi connectivity index (χ3n) is 3.89. The van der Waals surface area contributed by atoms with Crippen molar-refractivity contribution in [3.63, 3.8) is 0 Å². The number of rotatable bonds is 3. The van der Waals surface area contributed by atoms with E-state index in [0.29, 0.717) is 29.4 Å². The summed E-state index contributed by atoms with van der Waals surface area (Å²) in [6.45, 7) is 8.13. The van der Waals surface area contributed by atoms with Gasteiger partial charge in [0.25, 0.3) is 0 Å². The Morgan fingerprint density at radius 2 is 2.04 bits per heavy atom. The fraction of sp³-hybridized carbons (Fsp3) is 0.500. The van der Waals surface area contributed by atoms with Crippen LogP contribution in [-0.2, 0) is 9.32 Å². The van der Waals surface area contributed by atoms with Crippen molar-refractivity contribution >= 4 is 42.5 Å². The summed E-state index contributed by atoms with van der Waals surface area (Å²) < 4.78 is 5.51. The van der Waals surface area contributed by atoms with Gasteiger partial charge in [0.1, 0.15) is 0 Å². The van der Waals surface area contributed by atoms with E-state index in [1.165, 1.54) is 4.90 Å². The zero-order valence-corrected chi connectivity index (χ0v) is 16.2. The number of nitrogens with zero attached hydrogens (tertiary/aromatic N) is 1. The molecule has 134 valence electrons. The molecule has 0 unspecified atom stereocenters. The average molecular weight is 374 g/mol. The number of anilines is 2. The zero-order valence-electron chi connectivity index (χ0n) is 14.5. The van der Waals surface area contributed by atoms with Crippen LogP contribution in [0.15, 0.2) is 12.1 Å². The van der Waals surface area contributed by atoms with E-state index in [0.717, 1.165) is 12.0 Å². The molecule has 1 aliphatic heterocycles. The molecule has 0 saturated carbocycles. The van der Waals surface area contributed by atoms with Crippen molar-refractivity contribution in [3.8, 4) is 0 Å². The van der Waals surface area contributed by atoms with Gasteiger partial charge in [-0.05, 0) is 0 Å². The van der Waals surface area contributed by atoms with Gasteiger partial charge in [0.2, 0.25) is 0 Å². The maximum absolute atomic E-state index is 12.6. The Labute approximate surface area is 148 Å². The normalized spacial score (nSPS) is 18.4. The molecule has 3 N–H and O–H groups in total. The van der Waals surface area contributed by atoms with Gasteiger partial charge in [-0.3, -0.25) is 0 Å². The number of hydrogen-bond acceptors (Lipinski definition) is 4. The topological polar surface area (TPSA) is 84.7 Å². The van der Waals surface area contributed by atoms with Crippen LogP contribution in [0.25, 0.3) is 0 Å². The molecule has 24 heavy (non-hydrogen) atoms. The number of benzene rings is 1. The van der Waals surface area contributed by atoms with E-state index < -0.39 is 19.6 Å². The number of hydrogen-bond donors (Lipinski definition) is 2. The quantitative estimate of drug-likeness (QED) is 0.628. The van der Waals surface area contributed by atoms with Crippen LogP contribution in [0.5, 0.6) is 0 Å². The first-order valence-corrected chi connectivity index (χ1v) is 11.7. The minimum absolute atomic E-state index is 0.256. The van der Waals surface area contributed by atoms with Crippen molar-refractivity contribution < 1.29 is 14.1 Å². The molecule has 0 aromatic heterocycles. The molecular weight excluding hydrogens is 349 g/mol. The van der Waals surface area contributed by atoms with E-state index in [-0.39, 0.29) is 5.91 Å². The number of nitrogen functional groups attached to an aromatic ring is 1. The van der Waals surface area contributed by atoms with Crippen LogP contribution in [0.2, 0.25) is 5.02 Å². The SMILES string of the molecule is Cc1c(Cl)ccc(NC(=O)[C@@H]2CCCN2C(=O)O[PH](C)(C)C)c1N. The molecule has 0 aliphatic carbocycles. The molecule has 1 aliphatic rings. The van der Waals surface area contributed by atoms with Crippen LogP contribution in [0, 0.1) is 6.92 Å². The predicted molar refractivity (Wildman–Crippen MR) is 102 cm³/mol. The van der Waals surface area contributed by atoms with Crippen molar-refractivity contribution in [1.82, 2.24) is 4.90 Å². The summed E-state index contributed by atoms with van der Waals surface area (Å²) in [7, 11) is -2.01. The van der Waals surface area contributed by atoms with E-state index in [9.17, 15) is 9.59 Å². The van der Waals surface area contributed by atoms with E-state index in [1.54, 1.807) is 19.1 Å². The molecule has 0 spiro atoms. The summed E-state index contributed by atoms with van der Waals surface area (Å²) in [5.74, 6) is -0.256. The second-order valence-electron chi connectivity index (χ2n) is 6.95. The molecule has 8 heteroatoms. The number of amides is 2. The van der Waals surface area contributed by atoms with E-state index in [4.69, 9.17) is 21.9 Å². The summed E-state index contributed by atoms with van der Waals surface area (Å²) in [5, 5.41) is 3.36. The van der Waals surface area contributed by atoms with Gasteiger partial charge < -0.3 is 0 Å². The van der Waals surface area contributed by atoms with Gasteiger partial charge in [-0.15, -0.1) is 0 Å². The Kier molecular flexibility index (Phi) is 5.61. The van der Waals surface area contributed by atoms with Gasteiger partial charge in [0.05, 0.1) is 0 Å². The number of carbonyl (C=O) groups is 2. The number of nitrogens with two attached hydrogens (primary N) is 1. The maximum atomic E-state index is 12.6. The fourth-order valence-corrected chi connectivity index (χ4v) is 3.41. The number of likely N-dealkylation sites (tertiary alicyclic amines) is 1. The third kappa shape index (κ3) is 4.31. The van der Waals surface area contributed by atoms with Gasteiger partial charge in [0, 0.05) is 0 Å². The zero-order chi connectivity index (χ0) is 18.1. The fourth-order valence-electron chi connectivity index (χ4n) is 2.61. The van der Waals surface area contributed by atoms with Crippen LogP contribution in [0.4, 0.5) is 16.2 Å². The summed E-state index contributed by atoms with van der Waals surface area (Å²) in [5.41, 5.74) is 7.67. The molecule has 2 rings (SSSR count). The third-order valence-corrected chi connectivity index (χ3v) is 5.09. The molecule has 1 aromatic rings. The number of nitrogens with one attached hydrogen (secondary N) is 1. The van der Waals surface area contributed by atoms with Crippen molar-refractivity contribution in [2.24, 2.45) is 0 Å². The molecule has 1 heterocycles. The molecule has 2 amide bonds. The van der Waals surface area contributed by atoms with Crippen LogP contribution in [0.1, 0.15) is 18.4 Å². The molecule has 0 bridgehead atoms. The molecule has 0 radical (unpaired) electrons. The Morgan fingerprint density at radius 3 is 2.67 bits per heavy atom. The Balaban J connectivity index is 2.11. The summed E-state index contributed by atoms with van der Waals surface area (Å²) in [6.07, 6.45) is 0.972. The summed E-state index contributed by atoms with van der Waals surface area (Å²) in [6, 6.07) is 2.82. The van der Waals surface area contributed by atoms with Crippen molar-refractivity contribution in [1.29, 1.82) is 0 Å². The molecule has 1 fully saturated rings. The number of halogens is 1. The molecule has 1 aromatic carbocycles. The first-order chi connectivity index (χ1) is 11.1. The molecule has 1 saturated heterocycles. The minimum atomic E-state index is -2.01.